The van der Waals surface area contributed by atoms with E-state index in [4.69, 9.17) is 0 Å². The molecule has 1 aliphatic carbocycles. The van der Waals surface area contributed by atoms with Crippen molar-refractivity contribution in [1.29, 1.82) is 0 Å². The molecule has 0 aliphatic heterocycles. The van der Waals surface area contributed by atoms with Gasteiger partial charge in [-0.2, -0.15) is 0 Å². The van der Waals surface area contributed by atoms with Crippen LogP contribution in [0.25, 0.3) is 0 Å². The van der Waals surface area contributed by atoms with E-state index in [1.807, 2.05) is 13.2 Å². The van der Waals surface area contributed by atoms with Crippen LogP contribution in [0.3, 0.4) is 0 Å². The van der Waals surface area contributed by atoms with Crippen molar-refractivity contribution >= 4 is 23.4 Å². The molecule has 0 bridgehead atoms. The van der Waals surface area contributed by atoms with Gasteiger partial charge in [-0.05, 0) is 38.2 Å². The number of amides is 1. The molecule has 1 aromatic carbocycles. The van der Waals surface area contributed by atoms with Gasteiger partial charge in [-0.3, -0.25) is 14.9 Å². The summed E-state index contributed by atoms with van der Waals surface area (Å²) in [5.41, 5.74) is 0.106. The molecular weight excluding hydrogens is 288 g/mol. The summed E-state index contributed by atoms with van der Waals surface area (Å²) in [6, 6.07) is 4.98. The molecular formula is C15H20N2O3S. The minimum atomic E-state index is -0.472. The predicted molar refractivity (Wildman–Crippen MR) is 83.8 cm³/mol. The number of rotatable bonds is 5. The van der Waals surface area contributed by atoms with Gasteiger partial charge < -0.3 is 4.90 Å². The molecule has 0 aromatic heterocycles. The molecule has 2 rings (SSSR count). The summed E-state index contributed by atoms with van der Waals surface area (Å²) in [5, 5.41) is 11.2. The average Bonchev–Trinajstić information content (AvgIpc) is 3.01. The molecule has 1 saturated carbocycles. The number of thioether (sulfide) groups is 1. The van der Waals surface area contributed by atoms with E-state index < -0.39 is 4.92 Å². The summed E-state index contributed by atoms with van der Waals surface area (Å²) in [4.78, 5) is 26.1. The van der Waals surface area contributed by atoms with E-state index in [9.17, 15) is 14.9 Å². The number of carbonyl (C=O) groups excluding carboxylic acids is 1. The van der Waals surface area contributed by atoms with Crippen LogP contribution in [-0.2, 0) is 0 Å². The first-order valence-corrected chi connectivity index (χ1v) is 8.44. The third-order valence-electron chi connectivity index (χ3n) is 4.00. The van der Waals surface area contributed by atoms with E-state index in [0.717, 1.165) is 30.6 Å². The monoisotopic (exact) mass is 308 g/mol. The lowest BCUT2D eigenvalue weighted by molar-refractivity contribution is -0.385. The fraction of sp³-hybridized carbons (Fsp3) is 0.533. The van der Waals surface area contributed by atoms with Crippen LogP contribution in [0, 0.1) is 10.1 Å². The maximum absolute atomic E-state index is 12.8. The zero-order valence-corrected chi connectivity index (χ0v) is 13.2. The first kappa shape index (κ1) is 15.8. The van der Waals surface area contributed by atoms with Gasteiger partial charge in [0, 0.05) is 23.5 Å². The van der Waals surface area contributed by atoms with Gasteiger partial charge in [-0.15, -0.1) is 11.8 Å². The van der Waals surface area contributed by atoms with Gasteiger partial charge in [0.25, 0.3) is 11.6 Å². The first-order valence-electron chi connectivity index (χ1n) is 7.21. The van der Waals surface area contributed by atoms with Crippen molar-refractivity contribution in [2.24, 2.45) is 0 Å². The zero-order chi connectivity index (χ0) is 15.4. The molecule has 1 fully saturated rings. The molecule has 0 spiro atoms. The van der Waals surface area contributed by atoms with Crippen molar-refractivity contribution in [3.63, 3.8) is 0 Å². The van der Waals surface area contributed by atoms with E-state index in [1.54, 1.807) is 17.0 Å². The Balaban J connectivity index is 2.37. The van der Waals surface area contributed by atoms with Gasteiger partial charge >= 0.3 is 0 Å². The third-order valence-corrected chi connectivity index (χ3v) is 4.72. The fourth-order valence-corrected chi connectivity index (χ4v) is 3.35. The van der Waals surface area contributed by atoms with E-state index in [1.165, 1.54) is 17.8 Å². The predicted octanol–water partition coefficient (Wildman–Crippen LogP) is 3.72. The Morgan fingerprint density at radius 1 is 1.43 bits per heavy atom. The molecule has 6 heteroatoms. The number of nitro benzene ring substituents is 1. The number of hydrogen-bond acceptors (Lipinski definition) is 4. The summed E-state index contributed by atoms with van der Waals surface area (Å²) in [6.07, 6.45) is 6.14. The van der Waals surface area contributed by atoms with E-state index in [2.05, 4.69) is 0 Å². The van der Waals surface area contributed by atoms with E-state index >= 15 is 0 Å². The topological polar surface area (TPSA) is 63.5 Å². The number of hydrogen-bond donors (Lipinski definition) is 0. The van der Waals surface area contributed by atoms with E-state index in [-0.39, 0.29) is 23.2 Å². The molecule has 5 nitrogen and oxygen atoms in total. The number of benzene rings is 1. The van der Waals surface area contributed by atoms with Crippen LogP contribution < -0.4 is 0 Å². The summed E-state index contributed by atoms with van der Waals surface area (Å²) in [7, 11) is 0. The van der Waals surface area contributed by atoms with Gasteiger partial charge in [-0.1, -0.05) is 12.8 Å². The molecule has 0 atom stereocenters. The summed E-state index contributed by atoms with van der Waals surface area (Å²) >= 11 is 1.48. The minimum Gasteiger partial charge on any atom is -0.336 e. The van der Waals surface area contributed by atoms with Gasteiger partial charge in [0.1, 0.15) is 5.56 Å². The minimum absolute atomic E-state index is 0.103. The van der Waals surface area contributed by atoms with Gasteiger partial charge in [0.05, 0.1) is 4.92 Å². The molecule has 1 aromatic rings. The lowest BCUT2D eigenvalue weighted by Crippen LogP contribution is -2.38. The normalized spacial score (nSPS) is 15.1. The largest absolute Gasteiger partial charge is 0.336 e. The summed E-state index contributed by atoms with van der Waals surface area (Å²) < 4.78 is 0. The molecule has 21 heavy (non-hydrogen) atoms. The third kappa shape index (κ3) is 3.37. The maximum atomic E-state index is 12.8. The van der Waals surface area contributed by atoms with Crippen molar-refractivity contribution < 1.29 is 9.72 Å². The van der Waals surface area contributed by atoms with Crippen LogP contribution in [0.15, 0.2) is 23.1 Å². The van der Waals surface area contributed by atoms with Gasteiger partial charge in [0.15, 0.2) is 0 Å². The molecule has 1 aliphatic rings. The Labute approximate surface area is 128 Å². The molecule has 114 valence electrons. The van der Waals surface area contributed by atoms with E-state index in [0.29, 0.717) is 6.54 Å². The Morgan fingerprint density at radius 2 is 2.10 bits per heavy atom. The fourth-order valence-electron chi connectivity index (χ4n) is 2.91. The summed E-state index contributed by atoms with van der Waals surface area (Å²) in [6.45, 7) is 2.52. The average molecular weight is 308 g/mol. The first-order chi connectivity index (χ1) is 10.1. The van der Waals surface area contributed by atoms with Crippen molar-refractivity contribution in [3.8, 4) is 0 Å². The van der Waals surface area contributed by atoms with Crippen LogP contribution >= 0.6 is 11.8 Å². The Bertz CT molecular complexity index is 542. The SMILES string of the molecule is CCN(C(=O)c1cc(SC)ccc1[N+](=O)[O-])C1CCCC1. The smallest absolute Gasteiger partial charge is 0.282 e. The second-order valence-electron chi connectivity index (χ2n) is 5.17. The van der Waals surface area contributed by atoms with Crippen LogP contribution in [-0.4, -0.2) is 34.6 Å². The molecule has 0 unspecified atom stereocenters. The van der Waals surface area contributed by atoms with Crippen molar-refractivity contribution in [2.75, 3.05) is 12.8 Å². The molecule has 1 amide bonds. The van der Waals surface area contributed by atoms with Crippen molar-refractivity contribution in [3.05, 3.63) is 33.9 Å². The van der Waals surface area contributed by atoms with Gasteiger partial charge in [-0.25, -0.2) is 0 Å². The maximum Gasteiger partial charge on any atom is 0.282 e. The lowest BCUT2D eigenvalue weighted by Gasteiger charge is -2.27. The second-order valence-corrected chi connectivity index (χ2v) is 6.05. The molecule has 0 N–H and O–H groups in total. The van der Waals surface area contributed by atoms with Crippen LogP contribution in [0.4, 0.5) is 5.69 Å². The van der Waals surface area contributed by atoms with Crippen LogP contribution in [0.2, 0.25) is 0 Å². The Kier molecular flexibility index (Phi) is 5.22. The van der Waals surface area contributed by atoms with Crippen molar-refractivity contribution in [2.45, 2.75) is 43.5 Å². The standard InChI is InChI=1S/C15H20N2O3S/c1-3-16(11-6-4-5-7-11)15(18)13-10-12(21-2)8-9-14(13)17(19)20/h8-11H,3-7H2,1-2H3. The zero-order valence-electron chi connectivity index (χ0n) is 12.4. The highest BCUT2D eigenvalue weighted by Gasteiger charge is 2.30. The highest BCUT2D eigenvalue weighted by atomic mass is 32.2. The number of nitro groups is 1. The molecule has 0 radical (unpaired) electrons. The number of carbonyl (C=O) groups is 1. The summed E-state index contributed by atoms with van der Waals surface area (Å²) in [5.74, 6) is -0.216. The van der Waals surface area contributed by atoms with Gasteiger partial charge in [0.2, 0.25) is 0 Å². The van der Waals surface area contributed by atoms with Crippen molar-refractivity contribution in [1.82, 2.24) is 4.90 Å². The Hall–Kier alpha value is -1.56. The molecule has 0 saturated heterocycles. The lowest BCUT2D eigenvalue weighted by atomic mass is 10.1. The molecule has 0 heterocycles. The quantitative estimate of drug-likeness (QED) is 0.472. The Morgan fingerprint density at radius 3 is 2.62 bits per heavy atom. The van der Waals surface area contributed by atoms with Crippen LogP contribution in [0.1, 0.15) is 43.0 Å². The van der Waals surface area contributed by atoms with Crippen LogP contribution in [0.5, 0.6) is 0 Å². The highest BCUT2D eigenvalue weighted by molar-refractivity contribution is 7.98. The number of nitrogens with zero attached hydrogens (tertiary/aromatic N) is 2. The second kappa shape index (κ2) is 6.93. The highest BCUT2D eigenvalue weighted by Crippen LogP contribution is 2.29.